The van der Waals surface area contributed by atoms with Gasteiger partial charge in [0.25, 0.3) is 0 Å². The summed E-state index contributed by atoms with van der Waals surface area (Å²) in [5.74, 6) is -0.135. The summed E-state index contributed by atoms with van der Waals surface area (Å²) in [6.07, 6.45) is 1.97. The van der Waals surface area contributed by atoms with Crippen molar-refractivity contribution in [3.63, 3.8) is 0 Å². The Bertz CT molecular complexity index is 442. The van der Waals surface area contributed by atoms with Gasteiger partial charge in [0.15, 0.2) is 0 Å². The minimum Gasteiger partial charge on any atom is -0.466 e. The third-order valence-electron chi connectivity index (χ3n) is 4.16. The second-order valence-electron chi connectivity index (χ2n) is 5.17. The maximum Gasteiger partial charge on any atom is 0.312 e. The van der Waals surface area contributed by atoms with Gasteiger partial charge in [0, 0.05) is 12.0 Å². The molecule has 0 amide bonds. The van der Waals surface area contributed by atoms with Crippen molar-refractivity contribution in [2.75, 3.05) is 13.2 Å². The van der Waals surface area contributed by atoms with Crippen molar-refractivity contribution in [1.82, 2.24) is 0 Å². The normalized spacial score (nSPS) is 32.9. The zero-order valence-electron chi connectivity index (χ0n) is 10.6. The van der Waals surface area contributed by atoms with Gasteiger partial charge in [-0.2, -0.15) is 0 Å². The van der Waals surface area contributed by atoms with E-state index in [2.05, 4.69) is 12.1 Å². The first-order valence-electron chi connectivity index (χ1n) is 6.60. The minimum atomic E-state index is -0.0851. The Hall–Kier alpha value is -1.35. The van der Waals surface area contributed by atoms with Gasteiger partial charge in [0.2, 0.25) is 0 Å². The molecule has 2 aliphatic rings. The smallest absolute Gasteiger partial charge is 0.312 e. The lowest BCUT2D eigenvalue weighted by atomic mass is 9.91. The number of benzene rings is 1. The topological polar surface area (TPSA) is 35.5 Å². The van der Waals surface area contributed by atoms with E-state index in [1.54, 1.807) is 0 Å². The first kappa shape index (κ1) is 11.7. The average molecular weight is 246 g/mol. The van der Waals surface area contributed by atoms with E-state index in [1.165, 1.54) is 5.56 Å². The van der Waals surface area contributed by atoms with Gasteiger partial charge in [-0.15, -0.1) is 0 Å². The molecule has 96 valence electrons. The summed E-state index contributed by atoms with van der Waals surface area (Å²) < 4.78 is 10.8. The molecule has 3 nitrogen and oxygen atoms in total. The van der Waals surface area contributed by atoms with E-state index < -0.39 is 0 Å². The average Bonchev–Trinajstić information content (AvgIpc) is 2.79. The van der Waals surface area contributed by atoms with E-state index in [1.807, 2.05) is 25.1 Å². The van der Waals surface area contributed by atoms with Crippen LogP contribution in [0.4, 0.5) is 0 Å². The van der Waals surface area contributed by atoms with E-state index in [-0.39, 0.29) is 23.4 Å². The lowest BCUT2D eigenvalue weighted by Crippen LogP contribution is -2.17. The van der Waals surface area contributed by atoms with E-state index in [0.29, 0.717) is 6.61 Å². The molecule has 1 aliphatic heterocycles. The Kier molecular flexibility index (Phi) is 2.86. The maximum absolute atomic E-state index is 11.9. The van der Waals surface area contributed by atoms with E-state index >= 15 is 0 Å². The van der Waals surface area contributed by atoms with Crippen LogP contribution in [0.2, 0.25) is 0 Å². The third kappa shape index (κ3) is 1.74. The Balaban J connectivity index is 1.75. The molecule has 0 N–H and O–H groups in total. The lowest BCUT2D eigenvalue weighted by molar-refractivity contribution is -0.147. The Morgan fingerprint density at radius 3 is 2.94 bits per heavy atom. The molecule has 3 atom stereocenters. The van der Waals surface area contributed by atoms with Gasteiger partial charge in [0.1, 0.15) is 0 Å². The SMILES string of the molecule is CCOC(=O)[C@@H]1[C@H]2OCC[C@]21Cc1ccccc1. The summed E-state index contributed by atoms with van der Waals surface area (Å²) in [6, 6.07) is 10.3. The van der Waals surface area contributed by atoms with Crippen molar-refractivity contribution >= 4 is 5.97 Å². The molecule has 1 saturated heterocycles. The van der Waals surface area contributed by atoms with Gasteiger partial charge in [-0.25, -0.2) is 0 Å². The van der Waals surface area contributed by atoms with Crippen LogP contribution in [-0.2, 0) is 20.7 Å². The molecule has 0 aromatic heterocycles. The van der Waals surface area contributed by atoms with Crippen molar-refractivity contribution in [2.45, 2.75) is 25.9 Å². The quantitative estimate of drug-likeness (QED) is 0.764. The van der Waals surface area contributed by atoms with Crippen LogP contribution < -0.4 is 0 Å². The lowest BCUT2D eigenvalue weighted by Gasteiger charge is -2.13. The molecule has 3 heteroatoms. The van der Waals surface area contributed by atoms with Crippen LogP contribution in [0.15, 0.2) is 30.3 Å². The number of rotatable bonds is 4. The molecule has 1 aliphatic carbocycles. The van der Waals surface area contributed by atoms with Crippen LogP contribution >= 0.6 is 0 Å². The first-order chi connectivity index (χ1) is 8.78. The molecule has 0 spiro atoms. The number of hydrogen-bond acceptors (Lipinski definition) is 3. The summed E-state index contributed by atoms with van der Waals surface area (Å²) in [4.78, 5) is 11.9. The van der Waals surface area contributed by atoms with Gasteiger partial charge >= 0.3 is 5.97 Å². The van der Waals surface area contributed by atoms with Crippen molar-refractivity contribution in [2.24, 2.45) is 11.3 Å². The van der Waals surface area contributed by atoms with Gasteiger partial charge in [0.05, 0.1) is 18.6 Å². The molecule has 1 aromatic rings. The molecule has 1 saturated carbocycles. The highest BCUT2D eigenvalue weighted by Crippen LogP contribution is 2.63. The molecule has 2 fully saturated rings. The number of esters is 1. The van der Waals surface area contributed by atoms with Crippen LogP contribution in [0.1, 0.15) is 18.9 Å². The standard InChI is InChI=1S/C15H18O3/c1-2-17-14(16)12-13-15(12,8-9-18-13)10-11-6-4-3-5-7-11/h3-7,12-13H,2,8-10H2,1H3/t12-,13+,15+/m0/s1. The van der Waals surface area contributed by atoms with Crippen LogP contribution in [0.3, 0.4) is 0 Å². The van der Waals surface area contributed by atoms with Crippen LogP contribution in [-0.4, -0.2) is 25.3 Å². The molecule has 18 heavy (non-hydrogen) atoms. The zero-order valence-corrected chi connectivity index (χ0v) is 10.6. The molecule has 0 radical (unpaired) electrons. The molecular formula is C15H18O3. The molecule has 0 unspecified atom stereocenters. The van der Waals surface area contributed by atoms with Gasteiger partial charge in [-0.3, -0.25) is 4.79 Å². The van der Waals surface area contributed by atoms with E-state index in [0.717, 1.165) is 19.4 Å². The van der Waals surface area contributed by atoms with Crippen molar-refractivity contribution in [3.05, 3.63) is 35.9 Å². The second kappa shape index (κ2) is 4.39. The van der Waals surface area contributed by atoms with Gasteiger partial charge in [-0.05, 0) is 25.3 Å². The fourth-order valence-corrected chi connectivity index (χ4v) is 3.25. The van der Waals surface area contributed by atoms with Crippen LogP contribution in [0.25, 0.3) is 0 Å². The highest BCUT2D eigenvalue weighted by atomic mass is 16.5. The fourth-order valence-electron chi connectivity index (χ4n) is 3.25. The number of carbonyl (C=O) groups is 1. The Morgan fingerprint density at radius 1 is 1.44 bits per heavy atom. The molecule has 1 heterocycles. The van der Waals surface area contributed by atoms with Gasteiger partial charge < -0.3 is 9.47 Å². The highest BCUT2D eigenvalue weighted by Gasteiger charge is 2.72. The van der Waals surface area contributed by atoms with Crippen molar-refractivity contribution in [1.29, 1.82) is 0 Å². The monoisotopic (exact) mass is 246 g/mol. The zero-order chi connectivity index (χ0) is 12.6. The van der Waals surface area contributed by atoms with E-state index in [4.69, 9.17) is 9.47 Å². The summed E-state index contributed by atoms with van der Waals surface area (Å²) in [7, 11) is 0. The van der Waals surface area contributed by atoms with Crippen LogP contribution in [0, 0.1) is 11.3 Å². The molecule has 3 rings (SSSR count). The molecular weight excluding hydrogens is 228 g/mol. The van der Waals surface area contributed by atoms with Gasteiger partial charge in [-0.1, -0.05) is 30.3 Å². The molecule has 1 aromatic carbocycles. The fraction of sp³-hybridized carbons (Fsp3) is 0.533. The Labute approximate surface area is 107 Å². The molecule has 0 bridgehead atoms. The summed E-state index contributed by atoms with van der Waals surface area (Å²) in [6.45, 7) is 3.07. The maximum atomic E-state index is 11.9. The first-order valence-corrected chi connectivity index (χ1v) is 6.60. The third-order valence-corrected chi connectivity index (χ3v) is 4.16. The highest BCUT2D eigenvalue weighted by molar-refractivity contribution is 5.79. The van der Waals surface area contributed by atoms with E-state index in [9.17, 15) is 4.79 Å². The summed E-state index contributed by atoms with van der Waals surface area (Å²) >= 11 is 0. The summed E-state index contributed by atoms with van der Waals surface area (Å²) in [5, 5.41) is 0. The predicted molar refractivity (Wildman–Crippen MR) is 67.1 cm³/mol. The van der Waals surface area contributed by atoms with Crippen LogP contribution in [0.5, 0.6) is 0 Å². The second-order valence-corrected chi connectivity index (χ2v) is 5.17. The Morgan fingerprint density at radius 2 is 2.22 bits per heavy atom. The van der Waals surface area contributed by atoms with Crippen molar-refractivity contribution in [3.8, 4) is 0 Å². The number of carbonyl (C=O) groups excluding carboxylic acids is 1. The predicted octanol–water partition coefficient (Wildman–Crippen LogP) is 2.20. The largest absolute Gasteiger partial charge is 0.466 e. The number of ether oxygens (including phenoxy) is 2. The number of hydrogen-bond donors (Lipinski definition) is 0. The van der Waals surface area contributed by atoms with Crippen molar-refractivity contribution < 1.29 is 14.3 Å². The summed E-state index contributed by atoms with van der Waals surface area (Å²) in [5.41, 5.74) is 1.29. The minimum absolute atomic E-state index is 0.00755. The number of fused-ring (bicyclic) bond motifs is 1.